The van der Waals surface area contributed by atoms with Crippen molar-refractivity contribution >= 4 is 45.6 Å². The fraction of sp³-hybridized carbons (Fsp3) is 0.222. The van der Waals surface area contributed by atoms with Crippen molar-refractivity contribution in [2.24, 2.45) is 5.10 Å². The zero-order valence-corrected chi connectivity index (χ0v) is 22.9. The van der Waals surface area contributed by atoms with Crippen LogP contribution in [0.4, 0.5) is 0 Å². The molecule has 37 heavy (non-hydrogen) atoms. The minimum absolute atomic E-state index is 0.144. The number of ether oxygens (including phenoxy) is 3. The lowest BCUT2D eigenvalue weighted by Gasteiger charge is -2.14. The van der Waals surface area contributed by atoms with E-state index in [2.05, 4.69) is 31.8 Å². The highest BCUT2D eigenvalue weighted by Gasteiger charge is 2.16. The van der Waals surface area contributed by atoms with E-state index in [1.165, 1.54) is 13.3 Å². The predicted molar refractivity (Wildman–Crippen MR) is 147 cm³/mol. The van der Waals surface area contributed by atoms with E-state index in [0.29, 0.717) is 38.9 Å². The van der Waals surface area contributed by atoms with Crippen LogP contribution < -0.4 is 25.0 Å². The Bertz CT molecular complexity index is 1250. The Morgan fingerprint density at radius 3 is 2.35 bits per heavy atom. The number of rotatable bonds is 11. The van der Waals surface area contributed by atoms with Gasteiger partial charge in [-0.15, -0.1) is 0 Å². The fourth-order valence-corrected chi connectivity index (χ4v) is 3.94. The van der Waals surface area contributed by atoms with Crippen molar-refractivity contribution in [2.45, 2.75) is 26.0 Å². The third kappa shape index (κ3) is 8.51. The average molecular weight is 589 g/mol. The molecule has 0 aliphatic rings. The van der Waals surface area contributed by atoms with Crippen LogP contribution in [0.3, 0.4) is 0 Å². The molecule has 0 saturated carbocycles. The van der Waals surface area contributed by atoms with Crippen LogP contribution in [0.1, 0.15) is 23.6 Å². The van der Waals surface area contributed by atoms with E-state index in [-0.39, 0.29) is 12.3 Å². The number of hydrazone groups is 1. The van der Waals surface area contributed by atoms with Gasteiger partial charge >= 0.3 is 0 Å². The van der Waals surface area contributed by atoms with Crippen LogP contribution in [0, 0.1) is 0 Å². The Morgan fingerprint density at radius 2 is 1.70 bits per heavy atom. The molecule has 2 N–H and O–H groups in total. The second kappa shape index (κ2) is 13.7. The quantitative estimate of drug-likeness (QED) is 0.245. The predicted octanol–water partition coefficient (Wildman–Crippen LogP) is 4.90. The van der Waals surface area contributed by atoms with Crippen LogP contribution >= 0.6 is 27.5 Å². The molecule has 0 aromatic heterocycles. The first kappa shape index (κ1) is 28.0. The summed E-state index contributed by atoms with van der Waals surface area (Å²) in [4.78, 5) is 24.6. The van der Waals surface area contributed by atoms with Gasteiger partial charge < -0.3 is 19.5 Å². The molecule has 194 valence electrons. The molecule has 0 heterocycles. The zero-order chi connectivity index (χ0) is 26.8. The molecule has 1 unspecified atom stereocenters. The molecule has 2 amide bonds. The minimum atomic E-state index is -0.771. The Hall–Kier alpha value is -3.56. The molecular formula is C27H27BrClN3O5. The maximum absolute atomic E-state index is 12.4. The van der Waals surface area contributed by atoms with E-state index < -0.39 is 11.9 Å². The highest BCUT2D eigenvalue weighted by molar-refractivity contribution is 9.10. The smallest absolute Gasteiger partial charge is 0.262 e. The minimum Gasteiger partial charge on any atom is -0.497 e. The van der Waals surface area contributed by atoms with Gasteiger partial charge in [0.05, 0.1) is 31.3 Å². The summed E-state index contributed by atoms with van der Waals surface area (Å²) in [6.07, 6.45) is 1.62. The third-order valence-electron chi connectivity index (χ3n) is 5.23. The number of hydrogen-bond acceptors (Lipinski definition) is 6. The summed E-state index contributed by atoms with van der Waals surface area (Å²) in [6.45, 7) is 1.92. The number of benzene rings is 3. The van der Waals surface area contributed by atoms with Crippen LogP contribution in [0.25, 0.3) is 0 Å². The van der Waals surface area contributed by atoms with Crippen LogP contribution in [0.15, 0.2) is 70.2 Å². The Labute approximate surface area is 229 Å². The molecule has 10 heteroatoms. The summed E-state index contributed by atoms with van der Waals surface area (Å²) in [5.74, 6) is 1.01. The van der Waals surface area contributed by atoms with Gasteiger partial charge in [0, 0.05) is 5.02 Å². The number of nitrogens with zero attached hydrogens (tertiary/aromatic N) is 1. The van der Waals surface area contributed by atoms with Crippen molar-refractivity contribution in [2.75, 3.05) is 14.2 Å². The largest absolute Gasteiger partial charge is 0.497 e. The lowest BCUT2D eigenvalue weighted by atomic mass is 10.1. The van der Waals surface area contributed by atoms with Crippen molar-refractivity contribution in [3.05, 3.63) is 86.8 Å². The van der Waals surface area contributed by atoms with Gasteiger partial charge in [-0.25, -0.2) is 5.43 Å². The van der Waals surface area contributed by atoms with Crippen LogP contribution in [0.5, 0.6) is 17.2 Å². The highest BCUT2D eigenvalue weighted by atomic mass is 79.9. The molecule has 0 spiro atoms. The molecule has 0 aliphatic heterocycles. The number of methoxy groups -OCH3 is 2. The lowest BCUT2D eigenvalue weighted by Crippen LogP contribution is -2.43. The van der Waals surface area contributed by atoms with Gasteiger partial charge in [0.2, 0.25) is 5.91 Å². The molecule has 0 aliphatic carbocycles. The second-order valence-electron chi connectivity index (χ2n) is 8.00. The molecule has 0 saturated heterocycles. The lowest BCUT2D eigenvalue weighted by molar-refractivity contribution is -0.128. The van der Waals surface area contributed by atoms with Crippen LogP contribution in [0.2, 0.25) is 5.02 Å². The van der Waals surface area contributed by atoms with Gasteiger partial charge in [-0.3, -0.25) is 9.59 Å². The van der Waals surface area contributed by atoms with Gasteiger partial charge in [-0.05, 0) is 75.9 Å². The van der Waals surface area contributed by atoms with E-state index in [1.54, 1.807) is 62.6 Å². The normalized spacial score (nSPS) is 11.6. The second-order valence-corrected chi connectivity index (χ2v) is 9.29. The van der Waals surface area contributed by atoms with Crippen molar-refractivity contribution in [1.82, 2.24) is 10.7 Å². The van der Waals surface area contributed by atoms with Gasteiger partial charge in [0.15, 0.2) is 11.5 Å². The zero-order valence-electron chi connectivity index (χ0n) is 20.6. The first-order chi connectivity index (χ1) is 17.8. The number of hydrogen-bond donors (Lipinski definition) is 2. The van der Waals surface area contributed by atoms with E-state index in [0.717, 1.165) is 11.1 Å². The molecule has 3 aromatic rings. The molecule has 0 fully saturated rings. The van der Waals surface area contributed by atoms with Gasteiger partial charge in [0.25, 0.3) is 5.91 Å². The van der Waals surface area contributed by atoms with Crippen LogP contribution in [-0.2, 0) is 22.6 Å². The summed E-state index contributed by atoms with van der Waals surface area (Å²) >= 11 is 9.43. The molecule has 8 nitrogen and oxygen atoms in total. The van der Waals surface area contributed by atoms with Crippen LogP contribution in [-0.4, -0.2) is 38.3 Å². The number of nitrogens with one attached hydrogen (secondary N) is 2. The van der Waals surface area contributed by atoms with Crippen molar-refractivity contribution in [3.63, 3.8) is 0 Å². The van der Waals surface area contributed by atoms with E-state index in [4.69, 9.17) is 25.8 Å². The molecule has 1 atom stereocenters. The average Bonchev–Trinajstić information content (AvgIpc) is 2.89. The summed E-state index contributed by atoms with van der Waals surface area (Å²) in [6, 6.07) is 17.3. The summed E-state index contributed by atoms with van der Waals surface area (Å²) < 4.78 is 17.2. The number of carbonyl (C=O) groups excluding carboxylic acids is 2. The maximum atomic E-state index is 12.4. The molecule has 3 aromatic carbocycles. The van der Waals surface area contributed by atoms with Crippen molar-refractivity contribution < 1.29 is 23.8 Å². The van der Waals surface area contributed by atoms with Gasteiger partial charge in [0.1, 0.15) is 18.4 Å². The summed E-state index contributed by atoms with van der Waals surface area (Å²) in [7, 11) is 3.11. The van der Waals surface area contributed by atoms with Gasteiger partial charge in [-0.1, -0.05) is 35.9 Å². The van der Waals surface area contributed by atoms with Gasteiger partial charge in [-0.2, -0.15) is 5.10 Å². The first-order valence-corrected chi connectivity index (χ1v) is 12.5. The SMILES string of the molecule is COc1ccc(CC(=O)NC(C)C(=O)NN=Cc2cc(Br)c(OCc3ccc(Cl)cc3)c(OC)c2)cc1. The molecule has 3 rings (SSSR count). The number of halogens is 2. The van der Waals surface area contributed by atoms with Crippen molar-refractivity contribution in [1.29, 1.82) is 0 Å². The fourth-order valence-electron chi connectivity index (χ4n) is 3.24. The number of carbonyl (C=O) groups is 2. The summed E-state index contributed by atoms with van der Waals surface area (Å²) in [5, 5.41) is 7.32. The van der Waals surface area contributed by atoms with E-state index >= 15 is 0 Å². The monoisotopic (exact) mass is 587 g/mol. The molecular weight excluding hydrogens is 562 g/mol. The maximum Gasteiger partial charge on any atom is 0.262 e. The molecule has 0 bridgehead atoms. The Morgan fingerprint density at radius 1 is 1.03 bits per heavy atom. The van der Waals surface area contributed by atoms with Crippen molar-refractivity contribution in [3.8, 4) is 17.2 Å². The number of amides is 2. The van der Waals surface area contributed by atoms with E-state index in [1.807, 2.05) is 12.1 Å². The Kier molecular flexibility index (Phi) is 10.3. The van der Waals surface area contributed by atoms with E-state index in [9.17, 15) is 9.59 Å². The third-order valence-corrected chi connectivity index (χ3v) is 6.07. The topological polar surface area (TPSA) is 98.2 Å². The Balaban J connectivity index is 1.53. The molecule has 0 radical (unpaired) electrons. The summed E-state index contributed by atoms with van der Waals surface area (Å²) in [5.41, 5.74) is 4.87. The highest BCUT2D eigenvalue weighted by Crippen LogP contribution is 2.37. The standard InChI is InChI=1S/C27H27BrClN3O5/c1-17(31-25(33)14-18-6-10-22(35-2)11-7-18)27(34)32-30-15-20-12-23(28)26(24(13-20)36-3)37-16-19-4-8-21(29)9-5-19/h4-13,15,17H,14,16H2,1-3H3,(H,31,33)(H,32,34). The first-order valence-electron chi connectivity index (χ1n) is 11.3.